The lowest BCUT2D eigenvalue weighted by Crippen LogP contribution is -2.30. The van der Waals surface area contributed by atoms with Crippen LogP contribution in [0.25, 0.3) is 0 Å². The highest BCUT2D eigenvalue weighted by atomic mass is 32.1. The Labute approximate surface area is 109 Å². The number of rotatable bonds is 5. The van der Waals surface area contributed by atoms with Gasteiger partial charge in [0.05, 0.1) is 0 Å². The van der Waals surface area contributed by atoms with E-state index in [0.717, 1.165) is 0 Å². The maximum absolute atomic E-state index is 11.8. The Bertz CT molecular complexity index is 443. The predicted octanol–water partition coefficient (Wildman–Crippen LogP) is -0.0249. The fourth-order valence-electron chi connectivity index (χ4n) is 1.19. The van der Waals surface area contributed by atoms with E-state index in [2.05, 4.69) is 15.6 Å². The van der Waals surface area contributed by atoms with Gasteiger partial charge in [-0.2, -0.15) is 0 Å². The molecule has 8 heteroatoms. The summed E-state index contributed by atoms with van der Waals surface area (Å²) in [5.41, 5.74) is 5.62. The number of hydrogen-bond donors (Lipinski definition) is 3. The molecule has 0 aliphatic heterocycles. The summed E-state index contributed by atoms with van der Waals surface area (Å²) in [6.45, 7) is 0.280. The van der Waals surface area contributed by atoms with Crippen LogP contribution in [0.4, 0.5) is 10.9 Å². The van der Waals surface area contributed by atoms with Crippen LogP contribution in [-0.4, -0.2) is 49.4 Å². The molecule has 100 valence electrons. The third-order valence-corrected chi connectivity index (χ3v) is 3.28. The van der Waals surface area contributed by atoms with Crippen molar-refractivity contribution in [3.05, 3.63) is 4.88 Å². The standard InChI is InChI=1S/C10H17N5O2S/c1-12-10-14-8(11)7(18-10)9(17)13-5-4-6(16)15(2)3/h4-5,11H2,1-3H3,(H,12,14)(H,13,17). The third kappa shape index (κ3) is 3.59. The van der Waals surface area contributed by atoms with Gasteiger partial charge in [-0.05, 0) is 0 Å². The van der Waals surface area contributed by atoms with Crippen LogP contribution in [0.15, 0.2) is 0 Å². The Morgan fingerprint density at radius 2 is 2.11 bits per heavy atom. The van der Waals surface area contributed by atoms with E-state index in [1.807, 2.05) is 0 Å². The van der Waals surface area contributed by atoms with Crippen molar-refractivity contribution in [2.75, 3.05) is 38.7 Å². The fraction of sp³-hybridized carbons (Fsp3) is 0.500. The summed E-state index contributed by atoms with van der Waals surface area (Å²) >= 11 is 1.18. The van der Waals surface area contributed by atoms with Gasteiger partial charge in [-0.1, -0.05) is 11.3 Å². The van der Waals surface area contributed by atoms with Gasteiger partial charge >= 0.3 is 0 Å². The Morgan fingerprint density at radius 1 is 1.44 bits per heavy atom. The quantitative estimate of drug-likeness (QED) is 0.698. The number of anilines is 2. The van der Waals surface area contributed by atoms with E-state index >= 15 is 0 Å². The number of nitrogens with one attached hydrogen (secondary N) is 2. The number of aromatic nitrogens is 1. The molecule has 1 aromatic heterocycles. The second kappa shape index (κ2) is 6.20. The largest absolute Gasteiger partial charge is 0.382 e. The van der Waals surface area contributed by atoms with E-state index in [9.17, 15) is 9.59 Å². The lowest BCUT2D eigenvalue weighted by Gasteiger charge is -2.10. The molecular formula is C10H17N5O2S. The zero-order valence-electron chi connectivity index (χ0n) is 10.6. The van der Waals surface area contributed by atoms with Gasteiger partial charge in [0.2, 0.25) is 5.91 Å². The van der Waals surface area contributed by atoms with Crippen LogP contribution in [0.5, 0.6) is 0 Å². The molecule has 0 aromatic carbocycles. The molecule has 4 N–H and O–H groups in total. The van der Waals surface area contributed by atoms with Crippen LogP contribution < -0.4 is 16.4 Å². The Hall–Kier alpha value is -1.83. The van der Waals surface area contributed by atoms with Crippen molar-refractivity contribution in [2.45, 2.75) is 6.42 Å². The molecule has 0 bridgehead atoms. The van der Waals surface area contributed by atoms with Gasteiger partial charge in [0.15, 0.2) is 5.13 Å². The average Bonchev–Trinajstić information content (AvgIpc) is 2.70. The molecular weight excluding hydrogens is 254 g/mol. The van der Waals surface area contributed by atoms with Gasteiger partial charge in [0.25, 0.3) is 5.91 Å². The fourth-order valence-corrected chi connectivity index (χ4v) is 1.94. The van der Waals surface area contributed by atoms with Crippen LogP contribution in [0.2, 0.25) is 0 Å². The molecule has 1 rings (SSSR count). The minimum Gasteiger partial charge on any atom is -0.382 e. The average molecular weight is 271 g/mol. The van der Waals surface area contributed by atoms with Crippen LogP contribution in [0.1, 0.15) is 16.1 Å². The predicted molar refractivity (Wildman–Crippen MR) is 71.7 cm³/mol. The monoisotopic (exact) mass is 271 g/mol. The Balaban J connectivity index is 2.50. The molecule has 0 radical (unpaired) electrons. The number of hydrogen-bond acceptors (Lipinski definition) is 6. The molecule has 0 fully saturated rings. The van der Waals surface area contributed by atoms with Crippen molar-refractivity contribution in [3.8, 4) is 0 Å². The summed E-state index contributed by atoms with van der Waals surface area (Å²) in [5.74, 6) is -0.151. The zero-order valence-corrected chi connectivity index (χ0v) is 11.4. The van der Waals surface area contributed by atoms with Crippen molar-refractivity contribution < 1.29 is 9.59 Å². The van der Waals surface area contributed by atoms with E-state index in [1.54, 1.807) is 21.1 Å². The van der Waals surface area contributed by atoms with Crippen molar-refractivity contribution in [1.29, 1.82) is 0 Å². The van der Waals surface area contributed by atoms with Gasteiger partial charge in [-0.15, -0.1) is 0 Å². The Morgan fingerprint density at radius 3 is 2.61 bits per heavy atom. The van der Waals surface area contributed by atoms with Crippen LogP contribution in [0, 0.1) is 0 Å². The molecule has 18 heavy (non-hydrogen) atoms. The van der Waals surface area contributed by atoms with Gasteiger partial charge < -0.3 is 21.3 Å². The first-order valence-electron chi connectivity index (χ1n) is 5.38. The van der Waals surface area contributed by atoms with Gasteiger partial charge in [0, 0.05) is 34.1 Å². The number of carbonyl (C=O) groups excluding carboxylic acids is 2. The second-order valence-electron chi connectivity index (χ2n) is 3.78. The number of nitrogen functional groups attached to an aromatic ring is 1. The van der Waals surface area contributed by atoms with Gasteiger partial charge in [0.1, 0.15) is 10.7 Å². The lowest BCUT2D eigenvalue weighted by atomic mass is 10.3. The molecule has 0 saturated carbocycles. The van der Waals surface area contributed by atoms with E-state index < -0.39 is 0 Å². The molecule has 7 nitrogen and oxygen atoms in total. The van der Waals surface area contributed by atoms with E-state index in [-0.39, 0.29) is 30.6 Å². The maximum Gasteiger partial charge on any atom is 0.265 e. The zero-order chi connectivity index (χ0) is 13.7. The molecule has 0 spiro atoms. The molecule has 1 heterocycles. The summed E-state index contributed by atoms with van der Waals surface area (Å²) in [5, 5.41) is 6.04. The highest BCUT2D eigenvalue weighted by Crippen LogP contribution is 2.23. The normalized spacial score (nSPS) is 9.94. The summed E-state index contributed by atoms with van der Waals surface area (Å²) in [6, 6.07) is 0. The number of nitrogens with two attached hydrogens (primary N) is 1. The van der Waals surface area contributed by atoms with Crippen molar-refractivity contribution in [2.24, 2.45) is 0 Å². The minimum atomic E-state index is -0.307. The molecule has 0 saturated heterocycles. The van der Waals surface area contributed by atoms with E-state index in [1.165, 1.54) is 16.2 Å². The smallest absolute Gasteiger partial charge is 0.265 e. The van der Waals surface area contributed by atoms with Crippen LogP contribution in [0.3, 0.4) is 0 Å². The summed E-state index contributed by atoms with van der Waals surface area (Å²) in [6.07, 6.45) is 0.260. The number of amides is 2. The number of thiazole rings is 1. The van der Waals surface area contributed by atoms with Crippen molar-refractivity contribution in [3.63, 3.8) is 0 Å². The SMILES string of the molecule is CNc1nc(N)c(C(=O)NCCC(=O)N(C)C)s1. The Kier molecular flexibility index (Phi) is 4.90. The van der Waals surface area contributed by atoms with E-state index in [4.69, 9.17) is 5.73 Å². The topological polar surface area (TPSA) is 100 Å². The molecule has 0 aliphatic carbocycles. The van der Waals surface area contributed by atoms with Crippen molar-refractivity contribution in [1.82, 2.24) is 15.2 Å². The minimum absolute atomic E-state index is 0.0384. The van der Waals surface area contributed by atoms with Crippen molar-refractivity contribution >= 4 is 34.1 Å². The number of nitrogens with zero attached hydrogens (tertiary/aromatic N) is 2. The van der Waals surface area contributed by atoms with Gasteiger partial charge in [-0.25, -0.2) is 4.98 Å². The van der Waals surface area contributed by atoms with E-state index in [0.29, 0.717) is 10.0 Å². The highest BCUT2D eigenvalue weighted by molar-refractivity contribution is 7.18. The van der Waals surface area contributed by atoms with Crippen LogP contribution in [-0.2, 0) is 4.79 Å². The molecule has 2 amide bonds. The summed E-state index contributed by atoms with van der Waals surface area (Å²) < 4.78 is 0. The summed E-state index contributed by atoms with van der Waals surface area (Å²) in [4.78, 5) is 28.9. The second-order valence-corrected chi connectivity index (χ2v) is 4.78. The maximum atomic E-state index is 11.8. The third-order valence-electron chi connectivity index (χ3n) is 2.20. The molecule has 1 aromatic rings. The summed E-state index contributed by atoms with van der Waals surface area (Å²) in [7, 11) is 5.05. The number of carbonyl (C=O) groups is 2. The lowest BCUT2D eigenvalue weighted by molar-refractivity contribution is -0.128. The first-order chi connectivity index (χ1) is 8.45. The molecule has 0 unspecified atom stereocenters. The first kappa shape index (κ1) is 14.2. The van der Waals surface area contributed by atoms with Gasteiger partial charge in [-0.3, -0.25) is 9.59 Å². The highest BCUT2D eigenvalue weighted by Gasteiger charge is 2.15. The van der Waals surface area contributed by atoms with Crippen LogP contribution >= 0.6 is 11.3 Å². The molecule has 0 atom stereocenters. The molecule has 0 aliphatic rings. The first-order valence-corrected chi connectivity index (χ1v) is 6.19.